The van der Waals surface area contributed by atoms with E-state index in [0.29, 0.717) is 30.6 Å². The molecule has 9 heteroatoms. The molecule has 0 amide bonds. The average molecular weight is 408 g/mol. The highest BCUT2D eigenvalue weighted by Crippen LogP contribution is 2.24. The van der Waals surface area contributed by atoms with Crippen LogP contribution in [-0.2, 0) is 13.6 Å². The van der Waals surface area contributed by atoms with Crippen molar-refractivity contribution in [2.24, 2.45) is 18.0 Å². The Morgan fingerprint density at radius 3 is 2.56 bits per heavy atom. The molecule has 0 saturated carbocycles. The van der Waals surface area contributed by atoms with Gasteiger partial charge in [0, 0.05) is 39.6 Å². The van der Waals surface area contributed by atoms with E-state index in [1.54, 1.807) is 7.05 Å². The number of aryl methyl sites for hydroxylation is 1. The van der Waals surface area contributed by atoms with Crippen LogP contribution in [-0.4, -0.2) is 66.8 Å². The lowest BCUT2D eigenvalue weighted by molar-refractivity contribution is -0.148. The van der Waals surface area contributed by atoms with E-state index >= 15 is 0 Å². The van der Waals surface area contributed by atoms with Crippen molar-refractivity contribution < 1.29 is 13.2 Å². The van der Waals surface area contributed by atoms with Gasteiger partial charge in [-0.05, 0) is 44.3 Å². The summed E-state index contributed by atoms with van der Waals surface area (Å²) < 4.78 is 39.3. The van der Waals surface area contributed by atoms with Crippen molar-refractivity contribution in [3.8, 4) is 0 Å². The van der Waals surface area contributed by atoms with Crippen molar-refractivity contribution in [2.45, 2.75) is 32.0 Å². The van der Waals surface area contributed by atoms with Crippen LogP contribution in [0.4, 0.5) is 13.2 Å². The molecule has 1 fully saturated rings. The third-order valence-corrected chi connectivity index (χ3v) is 5.20. The molecule has 1 aromatic rings. The molecular weight excluding hydrogens is 379 g/mol. The molecule has 0 aliphatic carbocycles. The first-order valence-corrected chi connectivity index (χ1v) is 9.57. The van der Waals surface area contributed by atoms with Crippen LogP contribution in [0.1, 0.15) is 25.0 Å². The fourth-order valence-corrected chi connectivity index (χ4v) is 3.77. The van der Waals surface area contributed by atoms with Crippen molar-refractivity contribution in [3.63, 3.8) is 0 Å². The highest BCUT2D eigenvalue weighted by molar-refractivity contribution is 6.30. The first kappa shape index (κ1) is 21.9. The zero-order valence-electron chi connectivity index (χ0n) is 16.2. The van der Waals surface area contributed by atoms with Gasteiger partial charge in [0.25, 0.3) is 0 Å². The number of halogens is 4. The van der Waals surface area contributed by atoms with Crippen molar-refractivity contribution in [1.82, 2.24) is 19.7 Å². The van der Waals surface area contributed by atoms with Crippen molar-refractivity contribution in [2.75, 3.05) is 40.3 Å². The number of likely N-dealkylation sites (tertiary alicyclic amines) is 1. The zero-order valence-corrected chi connectivity index (χ0v) is 16.9. The fourth-order valence-electron chi connectivity index (χ4n) is 3.50. The monoisotopic (exact) mass is 407 g/mol. The van der Waals surface area contributed by atoms with Gasteiger partial charge in [0.2, 0.25) is 0 Å². The molecule has 0 atom stereocenters. The Kier molecular flexibility index (Phi) is 7.85. The topological polar surface area (TPSA) is 35.8 Å². The van der Waals surface area contributed by atoms with Crippen LogP contribution in [0.15, 0.2) is 17.3 Å². The zero-order chi connectivity index (χ0) is 20.0. The highest BCUT2D eigenvalue weighted by atomic mass is 35.5. The summed E-state index contributed by atoms with van der Waals surface area (Å²) in [4.78, 5) is 7.84. The number of nitrogens with zero attached hydrogens (tertiary/aromatic N) is 4. The van der Waals surface area contributed by atoms with E-state index in [1.165, 1.54) is 4.90 Å². The van der Waals surface area contributed by atoms with Gasteiger partial charge in [-0.1, -0.05) is 11.6 Å². The lowest BCUT2D eigenvalue weighted by atomic mass is 9.93. The van der Waals surface area contributed by atoms with Crippen molar-refractivity contribution in [3.05, 3.63) is 23.0 Å². The summed E-state index contributed by atoms with van der Waals surface area (Å²) in [5.74, 6) is 1.25. The molecule has 1 aliphatic heterocycles. The molecule has 1 aromatic heterocycles. The van der Waals surface area contributed by atoms with E-state index in [0.717, 1.165) is 37.5 Å². The molecule has 27 heavy (non-hydrogen) atoms. The van der Waals surface area contributed by atoms with Gasteiger partial charge in [-0.3, -0.25) is 9.89 Å². The molecule has 2 rings (SSSR count). The lowest BCUT2D eigenvalue weighted by Gasteiger charge is -2.32. The second-order valence-corrected chi connectivity index (χ2v) is 7.65. The predicted octanol–water partition coefficient (Wildman–Crippen LogP) is 3.35. The number of hydrogen-bond acceptors (Lipinski definition) is 2. The molecule has 0 spiro atoms. The number of piperidine rings is 1. The SMILES string of the molecule is CN=C(NCCC1CCN(CC(F)(F)F)CC1)N(C)Cc1cc(Cl)cn1C. The minimum atomic E-state index is -4.10. The Labute approximate surface area is 164 Å². The average Bonchev–Trinajstić information content (AvgIpc) is 2.89. The normalized spacial score (nSPS) is 17.4. The summed E-state index contributed by atoms with van der Waals surface area (Å²) in [5, 5.41) is 4.06. The van der Waals surface area contributed by atoms with E-state index in [9.17, 15) is 13.2 Å². The van der Waals surface area contributed by atoms with Crippen LogP contribution in [0, 0.1) is 5.92 Å². The number of guanidine groups is 1. The number of rotatable bonds is 6. The molecule has 0 aromatic carbocycles. The standard InChI is InChI=1S/C18H29ClF3N5/c1-23-17(26(3)12-16-10-15(19)11-25(16)2)24-7-4-14-5-8-27(9-6-14)13-18(20,21)22/h10-11,14H,4-9,12-13H2,1-3H3,(H,23,24). The largest absolute Gasteiger partial charge is 0.401 e. The predicted molar refractivity (Wildman–Crippen MR) is 103 cm³/mol. The third-order valence-electron chi connectivity index (χ3n) is 4.99. The van der Waals surface area contributed by atoms with Crippen LogP contribution in [0.5, 0.6) is 0 Å². The van der Waals surface area contributed by atoms with Gasteiger partial charge in [-0.25, -0.2) is 0 Å². The first-order chi connectivity index (χ1) is 12.7. The molecule has 1 N–H and O–H groups in total. The maximum absolute atomic E-state index is 12.4. The summed E-state index contributed by atoms with van der Waals surface area (Å²) in [5.41, 5.74) is 1.09. The molecule has 5 nitrogen and oxygen atoms in total. The van der Waals surface area contributed by atoms with Gasteiger partial charge >= 0.3 is 6.18 Å². The number of aliphatic imine (C=N–C) groups is 1. The molecule has 0 radical (unpaired) electrons. The molecule has 1 saturated heterocycles. The lowest BCUT2D eigenvalue weighted by Crippen LogP contribution is -2.42. The highest BCUT2D eigenvalue weighted by Gasteiger charge is 2.32. The molecule has 0 bridgehead atoms. The van der Waals surface area contributed by atoms with Crippen LogP contribution in [0.2, 0.25) is 5.02 Å². The Balaban J connectivity index is 1.71. The maximum atomic E-state index is 12.4. The molecular formula is C18H29ClF3N5. The Morgan fingerprint density at radius 1 is 1.37 bits per heavy atom. The Hall–Kier alpha value is -1.41. The first-order valence-electron chi connectivity index (χ1n) is 9.19. The van der Waals surface area contributed by atoms with Crippen LogP contribution < -0.4 is 5.32 Å². The summed E-state index contributed by atoms with van der Waals surface area (Å²) in [6.07, 6.45) is 0.324. The summed E-state index contributed by atoms with van der Waals surface area (Å²) in [7, 11) is 5.66. The summed E-state index contributed by atoms with van der Waals surface area (Å²) >= 11 is 6.03. The molecule has 0 unspecified atom stereocenters. The number of nitrogens with one attached hydrogen (secondary N) is 1. The van der Waals surface area contributed by atoms with Gasteiger partial charge < -0.3 is 14.8 Å². The number of hydrogen-bond donors (Lipinski definition) is 1. The minimum absolute atomic E-state index is 0.456. The van der Waals surface area contributed by atoms with E-state index in [2.05, 4.69) is 10.3 Å². The summed E-state index contributed by atoms with van der Waals surface area (Å²) in [6.45, 7) is 1.69. The maximum Gasteiger partial charge on any atom is 0.401 e. The number of aromatic nitrogens is 1. The van der Waals surface area contributed by atoms with Crippen LogP contribution in [0.3, 0.4) is 0 Å². The van der Waals surface area contributed by atoms with Gasteiger partial charge in [0.05, 0.1) is 18.1 Å². The van der Waals surface area contributed by atoms with Gasteiger partial charge in [0.1, 0.15) is 0 Å². The second kappa shape index (κ2) is 9.68. The van der Waals surface area contributed by atoms with Gasteiger partial charge in [0.15, 0.2) is 5.96 Å². The fraction of sp³-hybridized carbons (Fsp3) is 0.722. The Bertz CT molecular complexity index is 621. The van der Waals surface area contributed by atoms with Crippen LogP contribution in [0.25, 0.3) is 0 Å². The van der Waals surface area contributed by atoms with Crippen LogP contribution >= 0.6 is 11.6 Å². The van der Waals surface area contributed by atoms with E-state index in [4.69, 9.17) is 11.6 Å². The van der Waals surface area contributed by atoms with E-state index < -0.39 is 12.7 Å². The van der Waals surface area contributed by atoms with Gasteiger partial charge in [-0.15, -0.1) is 0 Å². The molecule has 2 heterocycles. The number of alkyl halides is 3. The van der Waals surface area contributed by atoms with Crippen molar-refractivity contribution in [1.29, 1.82) is 0 Å². The minimum Gasteiger partial charge on any atom is -0.356 e. The summed E-state index contributed by atoms with van der Waals surface area (Å²) in [6, 6.07) is 1.93. The van der Waals surface area contributed by atoms with E-state index in [1.807, 2.05) is 35.8 Å². The third kappa shape index (κ3) is 7.25. The van der Waals surface area contributed by atoms with Crippen molar-refractivity contribution >= 4 is 17.6 Å². The Morgan fingerprint density at radius 2 is 2.04 bits per heavy atom. The quantitative estimate of drug-likeness (QED) is 0.580. The van der Waals surface area contributed by atoms with E-state index in [-0.39, 0.29) is 0 Å². The smallest absolute Gasteiger partial charge is 0.356 e. The second-order valence-electron chi connectivity index (χ2n) is 7.21. The molecule has 154 valence electrons. The molecule has 1 aliphatic rings. The van der Waals surface area contributed by atoms with Gasteiger partial charge in [-0.2, -0.15) is 13.2 Å².